The largest absolute Gasteiger partial charge is 0.494 e. The Labute approximate surface area is 252 Å². The topological polar surface area (TPSA) is 133 Å². The van der Waals surface area contributed by atoms with Crippen LogP contribution in [0, 0.1) is 18.6 Å². The van der Waals surface area contributed by atoms with Gasteiger partial charge in [0.1, 0.15) is 0 Å². The number of hydrogen-bond acceptors (Lipinski definition) is 8. The molecular formula is C31H33F2N7O4. The van der Waals surface area contributed by atoms with Gasteiger partial charge in [0.2, 0.25) is 11.7 Å². The Bertz CT molecular complexity index is 1720. The lowest BCUT2D eigenvalue weighted by molar-refractivity contribution is -0.134. The van der Waals surface area contributed by atoms with Gasteiger partial charge in [-0.1, -0.05) is 0 Å². The number of amides is 2. The zero-order chi connectivity index (χ0) is 31.0. The van der Waals surface area contributed by atoms with Gasteiger partial charge in [-0.15, -0.1) is 0 Å². The Morgan fingerprint density at radius 1 is 1.11 bits per heavy atom. The number of anilines is 2. The van der Waals surface area contributed by atoms with Crippen molar-refractivity contribution in [3.8, 4) is 17.0 Å². The fourth-order valence-corrected chi connectivity index (χ4v) is 5.86. The van der Waals surface area contributed by atoms with Gasteiger partial charge in [-0.25, -0.2) is 14.4 Å². The number of carbonyl (C=O) groups excluding carboxylic acids is 2. The Morgan fingerprint density at radius 3 is 2.61 bits per heavy atom. The van der Waals surface area contributed by atoms with Gasteiger partial charge in [-0.05, 0) is 62.1 Å². The molecule has 0 unspecified atom stereocenters. The number of ether oxygens (including phenoxy) is 1. The van der Waals surface area contributed by atoms with Crippen LogP contribution in [0.25, 0.3) is 16.9 Å². The first-order valence-corrected chi connectivity index (χ1v) is 14.5. The minimum absolute atomic E-state index is 0.00352. The number of aliphatic hydroxyl groups is 1. The number of methoxy groups -OCH3 is 1. The molecule has 4 aromatic rings. The fourth-order valence-electron chi connectivity index (χ4n) is 5.86. The Morgan fingerprint density at radius 2 is 1.91 bits per heavy atom. The maximum Gasteiger partial charge on any atom is 0.251 e. The van der Waals surface area contributed by atoms with Gasteiger partial charge in [-0.3, -0.25) is 14.0 Å². The molecule has 11 nitrogen and oxygen atoms in total. The normalized spacial score (nSPS) is 18.9. The zero-order valence-electron chi connectivity index (χ0n) is 24.3. The molecule has 0 radical (unpaired) electrons. The third-order valence-electron chi connectivity index (χ3n) is 8.25. The molecule has 2 amide bonds. The van der Waals surface area contributed by atoms with E-state index in [1.807, 2.05) is 13.0 Å². The van der Waals surface area contributed by atoms with Crippen LogP contribution in [0.5, 0.6) is 5.75 Å². The fraction of sp³-hybridized carbons (Fsp3) is 0.355. The lowest BCUT2D eigenvalue weighted by Gasteiger charge is -2.34. The van der Waals surface area contributed by atoms with E-state index < -0.39 is 17.7 Å². The third-order valence-corrected chi connectivity index (χ3v) is 8.25. The second-order valence-electron chi connectivity index (χ2n) is 11.1. The monoisotopic (exact) mass is 605 g/mol. The maximum absolute atomic E-state index is 14.8. The molecule has 0 saturated carbocycles. The summed E-state index contributed by atoms with van der Waals surface area (Å²) < 4.78 is 35.7. The summed E-state index contributed by atoms with van der Waals surface area (Å²) in [6, 6.07) is 7.72. The summed E-state index contributed by atoms with van der Waals surface area (Å²) in [7, 11) is 1.27. The van der Waals surface area contributed by atoms with Gasteiger partial charge in [-0.2, -0.15) is 4.39 Å². The van der Waals surface area contributed by atoms with Crippen LogP contribution in [0.3, 0.4) is 0 Å². The number of imidazole rings is 1. The van der Waals surface area contributed by atoms with Crippen molar-refractivity contribution in [2.24, 2.45) is 0 Å². The van der Waals surface area contributed by atoms with Crippen molar-refractivity contribution in [1.82, 2.24) is 29.9 Å². The molecule has 2 aromatic heterocycles. The van der Waals surface area contributed by atoms with Gasteiger partial charge in [0.15, 0.2) is 23.0 Å². The van der Waals surface area contributed by atoms with E-state index in [0.717, 1.165) is 5.56 Å². The standard InChI is InChI=1S/C31H33F2N7O4/c1-17-13-19(3-4-21(17)30(42)38-18-7-10-39(11-8-18)31(43)23-14-20(41)15-35-23)37-28-29-36-16-24(40(29)12-9-34-28)22-5-6-25(44-2)27(33)26(22)32/h3-6,9,12-13,16,18,20,23,35,41H,7-8,10-11,14-15H2,1-2H3,(H,34,37)(H,38,42)/t20-,23+/m1/s1. The lowest BCUT2D eigenvalue weighted by atomic mass is 10.0. The summed E-state index contributed by atoms with van der Waals surface area (Å²) >= 11 is 0. The van der Waals surface area contributed by atoms with Crippen LogP contribution in [0.2, 0.25) is 0 Å². The van der Waals surface area contributed by atoms with Gasteiger partial charge >= 0.3 is 0 Å². The summed E-state index contributed by atoms with van der Waals surface area (Å²) in [5, 5.41) is 19.1. The molecule has 0 aliphatic carbocycles. The van der Waals surface area contributed by atoms with Crippen molar-refractivity contribution in [3.05, 3.63) is 71.7 Å². The summed E-state index contributed by atoms with van der Waals surface area (Å²) in [5.74, 6) is -2.09. The van der Waals surface area contributed by atoms with E-state index in [1.165, 1.54) is 31.6 Å². The Hall–Kier alpha value is -4.62. The zero-order valence-corrected chi connectivity index (χ0v) is 24.3. The first kappa shape index (κ1) is 29.5. The number of nitrogens with zero attached hydrogens (tertiary/aromatic N) is 4. The van der Waals surface area contributed by atoms with Crippen molar-refractivity contribution >= 4 is 29.0 Å². The van der Waals surface area contributed by atoms with Crippen LogP contribution in [0.4, 0.5) is 20.3 Å². The third kappa shape index (κ3) is 5.67. The van der Waals surface area contributed by atoms with Crippen molar-refractivity contribution in [2.45, 2.75) is 44.4 Å². The summed E-state index contributed by atoms with van der Waals surface area (Å²) in [6.45, 7) is 3.37. The van der Waals surface area contributed by atoms with Gasteiger partial charge in [0.25, 0.3) is 5.91 Å². The van der Waals surface area contributed by atoms with Crippen LogP contribution in [-0.4, -0.2) is 81.1 Å². The molecule has 2 aromatic carbocycles. The number of piperidine rings is 1. The number of halogens is 2. The highest BCUT2D eigenvalue weighted by Crippen LogP contribution is 2.31. The molecule has 6 rings (SSSR count). The first-order chi connectivity index (χ1) is 21.2. The van der Waals surface area contributed by atoms with E-state index in [9.17, 15) is 23.5 Å². The number of hydrogen-bond donors (Lipinski definition) is 4. The number of carbonyl (C=O) groups is 2. The second kappa shape index (κ2) is 12.2. The van der Waals surface area contributed by atoms with Crippen LogP contribution >= 0.6 is 0 Å². The molecular weight excluding hydrogens is 572 g/mol. The van der Waals surface area contributed by atoms with E-state index in [2.05, 4.69) is 25.9 Å². The van der Waals surface area contributed by atoms with E-state index in [1.54, 1.807) is 27.6 Å². The molecule has 2 aliphatic rings. The number of aromatic nitrogens is 3. The molecule has 44 heavy (non-hydrogen) atoms. The van der Waals surface area contributed by atoms with E-state index in [4.69, 9.17) is 4.74 Å². The minimum atomic E-state index is -1.08. The highest BCUT2D eigenvalue weighted by molar-refractivity contribution is 5.96. The summed E-state index contributed by atoms with van der Waals surface area (Å²) in [6.07, 6.45) is 5.83. The molecule has 2 saturated heterocycles. The van der Waals surface area contributed by atoms with Gasteiger partial charge < -0.3 is 30.7 Å². The van der Waals surface area contributed by atoms with Crippen LogP contribution in [-0.2, 0) is 4.79 Å². The molecule has 2 aliphatic heterocycles. The number of aliphatic hydroxyl groups excluding tert-OH is 1. The molecule has 2 atom stereocenters. The van der Waals surface area contributed by atoms with Crippen molar-refractivity contribution < 1.29 is 28.2 Å². The van der Waals surface area contributed by atoms with Gasteiger partial charge in [0.05, 0.1) is 31.1 Å². The van der Waals surface area contributed by atoms with E-state index in [-0.39, 0.29) is 35.2 Å². The maximum atomic E-state index is 14.8. The molecule has 0 bridgehead atoms. The van der Waals surface area contributed by atoms with Crippen molar-refractivity contribution in [2.75, 3.05) is 32.1 Å². The average molecular weight is 606 g/mol. The Kier molecular flexibility index (Phi) is 8.15. The number of aryl methyl sites for hydroxylation is 1. The quantitative estimate of drug-likeness (QED) is 0.253. The summed E-state index contributed by atoms with van der Waals surface area (Å²) in [5.41, 5.74) is 2.73. The van der Waals surface area contributed by atoms with E-state index in [0.29, 0.717) is 67.3 Å². The lowest BCUT2D eigenvalue weighted by Crippen LogP contribution is -2.50. The van der Waals surface area contributed by atoms with Crippen LogP contribution < -0.4 is 20.7 Å². The predicted octanol–water partition coefficient (Wildman–Crippen LogP) is 3.18. The van der Waals surface area contributed by atoms with Crippen molar-refractivity contribution in [3.63, 3.8) is 0 Å². The number of β-amino-alcohol motifs (C(OH)–C–C–N with tert-alkyl or cyclic N) is 1. The second-order valence-corrected chi connectivity index (χ2v) is 11.1. The Balaban J connectivity index is 1.11. The van der Waals surface area contributed by atoms with Crippen LogP contribution in [0.1, 0.15) is 35.2 Å². The molecule has 2 fully saturated rings. The molecule has 0 spiro atoms. The molecule has 13 heteroatoms. The predicted molar refractivity (Wildman–Crippen MR) is 159 cm³/mol. The van der Waals surface area contributed by atoms with Gasteiger partial charge in [0, 0.05) is 54.9 Å². The molecule has 230 valence electrons. The molecule has 4 N–H and O–H groups in total. The average Bonchev–Trinajstić information content (AvgIpc) is 3.65. The summed E-state index contributed by atoms with van der Waals surface area (Å²) in [4.78, 5) is 36.4. The smallest absolute Gasteiger partial charge is 0.251 e. The SMILES string of the molecule is COc1ccc(-c2cnc3c(Nc4ccc(C(=O)NC5CCN(C(=O)[C@@H]6C[C@@H](O)CN6)CC5)c(C)c4)nccn23)c(F)c1F. The van der Waals surface area contributed by atoms with Crippen LogP contribution in [0.15, 0.2) is 48.9 Å². The number of benzene rings is 2. The van der Waals surface area contributed by atoms with Crippen molar-refractivity contribution in [1.29, 1.82) is 0 Å². The number of fused-ring (bicyclic) bond motifs is 1. The minimum Gasteiger partial charge on any atom is -0.494 e. The number of rotatable bonds is 7. The highest BCUT2D eigenvalue weighted by Gasteiger charge is 2.33. The first-order valence-electron chi connectivity index (χ1n) is 14.5. The number of nitrogens with one attached hydrogen (secondary N) is 3. The highest BCUT2D eigenvalue weighted by atomic mass is 19.2. The molecule has 4 heterocycles. The van der Waals surface area contributed by atoms with E-state index >= 15 is 0 Å². The number of likely N-dealkylation sites (tertiary alicyclic amines) is 1.